The average molecular weight is 412 g/mol. The lowest BCUT2D eigenvalue weighted by atomic mass is 10.2. The Morgan fingerprint density at radius 2 is 2.07 bits per heavy atom. The summed E-state index contributed by atoms with van der Waals surface area (Å²) in [6, 6.07) is 15.6. The molecule has 4 aromatic rings. The number of furan rings is 1. The van der Waals surface area contributed by atoms with Gasteiger partial charge in [0.2, 0.25) is 5.13 Å². The molecule has 0 atom stereocenters. The lowest BCUT2D eigenvalue weighted by molar-refractivity contribution is 0.0988. The van der Waals surface area contributed by atoms with Crippen LogP contribution in [0.5, 0.6) is 5.75 Å². The number of aromatic nitrogens is 1. The van der Waals surface area contributed by atoms with Crippen molar-refractivity contribution in [1.29, 1.82) is 0 Å². The number of fused-ring (bicyclic) bond motifs is 1. The number of hydrogen-bond donors (Lipinski definition) is 0. The fourth-order valence-corrected chi connectivity index (χ4v) is 3.57. The summed E-state index contributed by atoms with van der Waals surface area (Å²) in [5.41, 5.74) is 1.20. The van der Waals surface area contributed by atoms with E-state index in [9.17, 15) is 4.79 Å². The number of amides is 1. The van der Waals surface area contributed by atoms with E-state index in [4.69, 9.17) is 20.8 Å². The second-order valence-corrected chi connectivity index (χ2v) is 7.16. The summed E-state index contributed by atoms with van der Waals surface area (Å²) in [5.74, 6) is 0.916. The van der Waals surface area contributed by atoms with Gasteiger partial charge in [-0.2, -0.15) is 10.1 Å². The molecular weight excluding hydrogens is 398 g/mol. The van der Waals surface area contributed by atoms with Gasteiger partial charge in [-0.3, -0.25) is 4.79 Å². The maximum atomic E-state index is 13.1. The number of hydrogen-bond acceptors (Lipinski definition) is 6. The second-order valence-electron chi connectivity index (χ2n) is 5.71. The third kappa shape index (κ3) is 3.76. The Morgan fingerprint density at radius 1 is 1.25 bits per heavy atom. The van der Waals surface area contributed by atoms with E-state index in [1.165, 1.54) is 28.8 Å². The molecule has 0 saturated heterocycles. The summed E-state index contributed by atoms with van der Waals surface area (Å²) in [4.78, 5) is 17.6. The lowest BCUT2D eigenvalue weighted by Crippen LogP contribution is -2.25. The molecule has 0 bridgehead atoms. The Morgan fingerprint density at radius 3 is 2.79 bits per heavy atom. The van der Waals surface area contributed by atoms with Crippen LogP contribution < -0.4 is 9.75 Å². The summed E-state index contributed by atoms with van der Waals surface area (Å²) in [6.07, 6.45) is 3.01. The van der Waals surface area contributed by atoms with E-state index >= 15 is 0 Å². The standard InChI is InChI=1S/C20H14ClN3O3S/c1-26-15-8-9-17-18(11-15)28-20(23-17)24(22-12-16-3-2-10-27-16)19(25)13-4-6-14(21)7-5-13/h2-12H,1H3/b22-12-. The maximum absolute atomic E-state index is 13.1. The van der Waals surface area contributed by atoms with Gasteiger partial charge in [-0.15, -0.1) is 0 Å². The molecule has 0 aliphatic heterocycles. The SMILES string of the molecule is COc1ccc2nc(N(/N=C\c3ccco3)C(=O)c3ccc(Cl)cc3)sc2c1. The number of anilines is 1. The van der Waals surface area contributed by atoms with Crippen molar-refractivity contribution in [1.82, 2.24) is 4.98 Å². The normalized spacial score (nSPS) is 11.2. The summed E-state index contributed by atoms with van der Waals surface area (Å²) in [7, 11) is 1.60. The third-order valence-corrected chi connectivity index (χ3v) is 5.14. The van der Waals surface area contributed by atoms with Gasteiger partial charge in [0.15, 0.2) is 0 Å². The van der Waals surface area contributed by atoms with Crippen LogP contribution in [0.25, 0.3) is 10.2 Å². The summed E-state index contributed by atoms with van der Waals surface area (Å²) in [6.45, 7) is 0. The number of nitrogens with zero attached hydrogens (tertiary/aromatic N) is 3. The number of methoxy groups -OCH3 is 1. The molecular formula is C20H14ClN3O3S. The Bertz CT molecular complexity index is 1140. The number of rotatable bonds is 5. The van der Waals surface area contributed by atoms with Crippen molar-refractivity contribution in [2.45, 2.75) is 0 Å². The Kier molecular flexibility index (Phi) is 5.10. The zero-order valence-electron chi connectivity index (χ0n) is 14.7. The number of carbonyl (C=O) groups excluding carboxylic acids is 1. The van der Waals surface area contributed by atoms with Crippen molar-refractivity contribution in [3.05, 3.63) is 77.2 Å². The van der Waals surface area contributed by atoms with Gasteiger partial charge in [0.05, 0.1) is 29.8 Å². The summed E-state index contributed by atoms with van der Waals surface area (Å²) in [5, 5.41) is 6.56. The summed E-state index contributed by atoms with van der Waals surface area (Å²) >= 11 is 7.28. The van der Waals surface area contributed by atoms with Gasteiger partial charge in [0, 0.05) is 10.6 Å². The van der Waals surface area contributed by atoms with Gasteiger partial charge in [0.1, 0.15) is 11.5 Å². The van der Waals surface area contributed by atoms with Crippen LogP contribution in [-0.4, -0.2) is 24.2 Å². The Balaban J connectivity index is 1.75. The maximum Gasteiger partial charge on any atom is 0.280 e. The number of benzene rings is 2. The van der Waals surface area contributed by atoms with Crippen molar-refractivity contribution in [2.75, 3.05) is 12.1 Å². The van der Waals surface area contributed by atoms with Crippen LogP contribution in [0.15, 0.2) is 70.4 Å². The minimum absolute atomic E-state index is 0.328. The molecule has 140 valence electrons. The van der Waals surface area contributed by atoms with E-state index in [0.717, 1.165) is 16.0 Å². The molecule has 0 N–H and O–H groups in total. The first-order chi connectivity index (χ1) is 13.6. The molecule has 0 unspecified atom stereocenters. The van der Waals surface area contributed by atoms with Crippen LogP contribution in [0.1, 0.15) is 16.1 Å². The highest BCUT2D eigenvalue weighted by atomic mass is 35.5. The van der Waals surface area contributed by atoms with Gasteiger partial charge in [-0.1, -0.05) is 22.9 Å². The molecule has 8 heteroatoms. The largest absolute Gasteiger partial charge is 0.497 e. The third-order valence-electron chi connectivity index (χ3n) is 3.89. The van der Waals surface area contributed by atoms with Crippen LogP contribution in [0.2, 0.25) is 5.02 Å². The molecule has 2 aromatic heterocycles. The van der Waals surface area contributed by atoms with Crippen molar-refractivity contribution in [3.63, 3.8) is 0 Å². The number of ether oxygens (including phenoxy) is 1. The Hall–Kier alpha value is -3.16. The minimum Gasteiger partial charge on any atom is -0.497 e. The average Bonchev–Trinajstić information content (AvgIpc) is 3.37. The molecule has 0 aliphatic rings. The van der Waals surface area contributed by atoms with Gasteiger partial charge in [-0.05, 0) is 54.6 Å². The summed E-state index contributed by atoms with van der Waals surface area (Å²) < 4.78 is 11.4. The molecule has 2 aromatic carbocycles. The van der Waals surface area contributed by atoms with E-state index < -0.39 is 0 Å². The van der Waals surface area contributed by atoms with Crippen LogP contribution in [0.3, 0.4) is 0 Å². The second kappa shape index (κ2) is 7.84. The van der Waals surface area contributed by atoms with Crippen LogP contribution in [0.4, 0.5) is 5.13 Å². The van der Waals surface area contributed by atoms with E-state index in [1.807, 2.05) is 18.2 Å². The number of thiazole rings is 1. The highest BCUT2D eigenvalue weighted by Gasteiger charge is 2.21. The van der Waals surface area contributed by atoms with Crippen molar-refractivity contribution in [2.24, 2.45) is 5.10 Å². The zero-order chi connectivity index (χ0) is 19.5. The first-order valence-electron chi connectivity index (χ1n) is 8.26. The topological polar surface area (TPSA) is 67.9 Å². The number of carbonyl (C=O) groups is 1. The minimum atomic E-state index is -0.328. The number of hydrazone groups is 1. The van der Waals surface area contributed by atoms with Crippen LogP contribution in [-0.2, 0) is 0 Å². The van der Waals surface area contributed by atoms with Crippen LogP contribution >= 0.6 is 22.9 Å². The molecule has 28 heavy (non-hydrogen) atoms. The van der Waals surface area contributed by atoms with Gasteiger partial charge in [0.25, 0.3) is 5.91 Å². The molecule has 4 rings (SSSR count). The van der Waals surface area contributed by atoms with E-state index in [0.29, 0.717) is 21.5 Å². The first kappa shape index (κ1) is 18.2. The smallest absolute Gasteiger partial charge is 0.280 e. The highest BCUT2D eigenvalue weighted by molar-refractivity contribution is 7.22. The fraction of sp³-hybridized carbons (Fsp3) is 0.0500. The Labute approximate surface area is 169 Å². The zero-order valence-corrected chi connectivity index (χ0v) is 16.3. The van der Waals surface area contributed by atoms with Crippen molar-refractivity contribution in [3.8, 4) is 5.75 Å². The molecule has 0 aliphatic carbocycles. The predicted octanol–water partition coefficient (Wildman–Crippen LogP) is 5.23. The monoisotopic (exact) mass is 411 g/mol. The van der Waals surface area contributed by atoms with E-state index in [-0.39, 0.29) is 5.91 Å². The molecule has 2 heterocycles. The van der Waals surface area contributed by atoms with Gasteiger partial charge in [-0.25, -0.2) is 4.98 Å². The van der Waals surface area contributed by atoms with Gasteiger partial charge >= 0.3 is 0 Å². The van der Waals surface area contributed by atoms with Crippen LogP contribution in [0, 0.1) is 0 Å². The molecule has 6 nitrogen and oxygen atoms in total. The van der Waals surface area contributed by atoms with Crippen molar-refractivity contribution >= 4 is 50.4 Å². The molecule has 0 fully saturated rings. The predicted molar refractivity (Wildman–Crippen MR) is 111 cm³/mol. The molecule has 0 radical (unpaired) electrons. The lowest BCUT2D eigenvalue weighted by Gasteiger charge is -2.13. The van der Waals surface area contributed by atoms with Gasteiger partial charge < -0.3 is 9.15 Å². The van der Waals surface area contributed by atoms with E-state index in [2.05, 4.69) is 10.1 Å². The van der Waals surface area contributed by atoms with E-state index in [1.54, 1.807) is 43.5 Å². The first-order valence-corrected chi connectivity index (χ1v) is 9.45. The molecule has 1 amide bonds. The highest BCUT2D eigenvalue weighted by Crippen LogP contribution is 2.32. The van der Waals surface area contributed by atoms with Crippen molar-refractivity contribution < 1.29 is 13.9 Å². The number of halogens is 1. The fourth-order valence-electron chi connectivity index (χ4n) is 2.49. The quantitative estimate of drug-likeness (QED) is 0.333. The molecule has 0 spiro atoms. The molecule has 0 saturated carbocycles.